The zero-order valence-electron chi connectivity index (χ0n) is 13.3. The SMILES string of the molecule is C[C@@H](Cc1ccccc1F)C(=O)Nc1cccc(OCC(N)=O)c1. The first-order chi connectivity index (χ1) is 11.5. The molecule has 126 valence electrons. The lowest BCUT2D eigenvalue weighted by Crippen LogP contribution is -2.22. The Morgan fingerprint density at radius 3 is 2.67 bits per heavy atom. The third kappa shape index (κ3) is 5.08. The zero-order chi connectivity index (χ0) is 17.5. The van der Waals surface area contributed by atoms with Gasteiger partial charge in [0, 0.05) is 17.7 Å². The second-order valence-corrected chi connectivity index (χ2v) is 5.47. The van der Waals surface area contributed by atoms with E-state index in [4.69, 9.17) is 10.5 Å². The van der Waals surface area contributed by atoms with E-state index in [9.17, 15) is 14.0 Å². The molecule has 3 N–H and O–H groups in total. The summed E-state index contributed by atoms with van der Waals surface area (Å²) in [5.41, 5.74) is 6.05. The summed E-state index contributed by atoms with van der Waals surface area (Å²) in [6.45, 7) is 1.50. The van der Waals surface area contributed by atoms with Gasteiger partial charge in [-0.3, -0.25) is 9.59 Å². The minimum absolute atomic E-state index is 0.231. The summed E-state index contributed by atoms with van der Waals surface area (Å²) >= 11 is 0. The lowest BCUT2D eigenvalue weighted by atomic mass is 10.00. The molecule has 2 amide bonds. The average molecular weight is 330 g/mol. The number of hydrogen-bond donors (Lipinski definition) is 2. The molecule has 24 heavy (non-hydrogen) atoms. The summed E-state index contributed by atoms with van der Waals surface area (Å²) in [6.07, 6.45) is 0.302. The van der Waals surface area contributed by atoms with Crippen LogP contribution in [0.5, 0.6) is 5.75 Å². The summed E-state index contributed by atoms with van der Waals surface area (Å²) in [5, 5.41) is 2.75. The van der Waals surface area contributed by atoms with E-state index in [0.29, 0.717) is 23.4 Å². The zero-order valence-corrected chi connectivity index (χ0v) is 13.3. The molecule has 0 saturated heterocycles. The van der Waals surface area contributed by atoms with E-state index in [1.54, 1.807) is 49.4 Å². The highest BCUT2D eigenvalue weighted by molar-refractivity contribution is 5.92. The fourth-order valence-corrected chi connectivity index (χ4v) is 2.17. The molecule has 6 heteroatoms. The van der Waals surface area contributed by atoms with Crippen molar-refractivity contribution in [3.63, 3.8) is 0 Å². The van der Waals surface area contributed by atoms with E-state index in [0.717, 1.165) is 0 Å². The molecule has 1 atom stereocenters. The highest BCUT2D eigenvalue weighted by Gasteiger charge is 2.16. The summed E-state index contributed by atoms with van der Waals surface area (Å²) < 4.78 is 18.8. The van der Waals surface area contributed by atoms with Gasteiger partial charge in [-0.1, -0.05) is 31.2 Å². The van der Waals surface area contributed by atoms with Gasteiger partial charge in [0.15, 0.2) is 6.61 Å². The van der Waals surface area contributed by atoms with Crippen LogP contribution < -0.4 is 15.8 Å². The molecule has 0 unspecified atom stereocenters. The van der Waals surface area contributed by atoms with E-state index in [2.05, 4.69) is 5.32 Å². The topological polar surface area (TPSA) is 81.4 Å². The average Bonchev–Trinajstić information content (AvgIpc) is 2.55. The van der Waals surface area contributed by atoms with Crippen molar-refractivity contribution >= 4 is 17.5 Å². The van der Waals surface area contributed by atoms with E-state index < -0.39 is 11.8 Å². The molecule has 0 aliphatic heterocycles. The Bertz CT molecular complexity index is 734. The molecule has 2 rings (SSSR count). The van der Waals surface area contributed by atoms with Gasteiger partial charge in [-0.15, -0.1) is 0 Å². The lowest BCUT2D eigenvalue weighted by Gasteiger charge is -2.13. The number of anilines is 1. The fraction of sp³-hybridized carbons (Fsp3) is 0.222. The summed E-state index contributed by atoms with van der Waals surface area (Å²) in [4.78, 5) is 23.0. The van der Waals surface area contributed by atoms with Crippen molar-refractivity contribution in [3.05, 3.63) is 59.9 Å². The predicted octanol–water partition coefficient (Wildman–Crippen LogP) is 2.51. The predicted molar refractivity (Wildman–Crippen MR) is 89.0 cm³/mol. The number of nitrogens with two attached hydrogens (primary N) is 1. The molecular weight excluding hydrogens is 311 g/mol. The summed E-state index contributed by atoms with van der Waals surface area (Å²) in [5.74, 6) is -1.11. The molecule has 0 radical (unpaired) electrons. The molecule has 0 spiro atoms. The smallest absolute Gasteiger partial charge is 0.255 e. The first kappa shape index (κ1) is 17.5. The van der Waals surface area contributed by atoms with Gasteiger partial charge in [0.25, 0.3) is 5.91 Å². The van der Waals surface area contributed by atoms with Crippen LogP contribution in [0.1, 0.15) is 12.5 Å². The fourth-order valence-electron chi connectivity index (χ4n) is 2.17. The molecule has 0 aromatic heterocycles. The van der Waals surface area contributed by atoms with Crippen LogP contribution in [0.3, 0.4) is 0 Å². The normalized spacial score (nSPS) is 11.6. The number of carbonyl (C=O) groups is 2. The van der Waals surface area contributed by atoms with Crippen LogP contribution in [0.2, 0.25) is 0 Å². The number of hydrogen-bond acceptors (Lipinski definition) is 3. The van der Waals surface area contributed by atoms with Crippen LogP contribution in [-0.2, 0) is 16.0 Å². The highest BCUT2D eigenvalue weighted by atomic mass is 19.1. The molecule has 0 saturated carbocycles. The van der Waals surface area contributed by atoms with Gasteiger partial charge in [0.1, 0.15) is 11.6 Å². The van der Waals surface area contributed by atoms with E-state index in [1.165, 1.54) is 6.07 Å². The van der Waals surface area contributed by atoms with Gasteiger partial charge in [-0.05, 0) is 30.2 Å². The first-order valence-corrected chi connectivity index (χ1v) is 7.51. The summed E-state index contributed by atoms with van der Waals surface area (Å²) in [6, 6.07) is 13.0. The lowest BCUT2D eigenvalue weighted by molar-refractivity contribution is -0.120. The van der Waals surface area contributed by atoms with Crippen LogP contribution in [0, 0.1) is 11.7 Å². The molecule has 0 fully saturated rings. The molecule has 0 aliphatic carbocycles. The minimum atomic E-state index is -0.581. The maximum atomic E-state index is 13.7. The van der Waals surface area contributed by atoms with E-state index in [1.807, 2.05) is 0 Å². The molecule has 0 bridgehead atoms. The van der Waals surface area contributed by atoms with Crippen LogP contribution in [-0.4, -0.2) is 18.4 Å². The first-order valence-electron chi connectivity index (χ1n) is 7.51. The molecule has 2 aromatic rings. The Morgan fingerprint density at radius 1 is 1.21 bits per heavy atom. The van der Waals surface area contributed by atoms with Crippen LogP contribution in [0.25, 0.3) is 0 Å². The number of nitrogens with one attached hydrogen (secondary N) is 1. The number of carbonyl (C=O) groups excluding carboxylic acids is 2. The maximum Gasteiger partial charge on any atom is 0.255 e. The Morgan fingerprint density at radius 2 is 1.96 bits per heavy atom. The summed E-state index contributed by atoms with van der Waals surface area (Å²) in [7, 11) is 0. The van der Waals surface area contributed by atoms with Crippen LogP contribution in [0.4, 0.5) is 10.1 Å². The van der Waals surface area contributed by atoms with Gasteiger partial charge in [-0.25, -0.2) is 4.39 Å². The van der Waals surface area contributed by atoms with Gasteiger partial charge in [0.2, 0.25) is 5.91 Å². The molecule has 0 heterocycles. The van der Waals surface area contributed by atoms with Gasteiger partial charge >= 0.3 is 0 Å². The monoisotopic (exact) mass is 330 g/mol. The Kier molecular flexibility index (Phi) is 5.89. The molecule has 5 nitrogen and oxygen atoms in total. The molecule has 0 aliphatic rings. The van der Waals surface area contributed by atoms with E-state index in [-0.39, 0.29) is 18.3 Å². The van der Waals surface area contributed by atoms with Gasteiger partial charge in [0.05, 0.1) is 0 Å². The number of benzene rings is 2. The Hall–Kier alpha value is -2.89. The number of amides is 2. The number of rotatable bonds is 7. The van der Waals surface area contributed by atoms with Crippen LogP contribution >= 0.6 is 0 Å². The largest absolute Gasteiger partial charge is 0.484 e. The molecular formula is C18H19FN2O3. The van der Waals surface area contributed by atoms with Crippen molar-refractivity contribution < 1.29 is 18.7 Å². The van der Waals surface area contributed by atoms with Crippen molar-refractivity contribution in [2.24, 2.45) is 11.7 Å². The Labute approximate surface area is 139 Å². The number of halogens is 1. The van der Waals surface area contributed by atoms with Crippen molar-refractivity contribution in [3.8, 4) is 5.75 Å². The standard InChI is InChI=1S/C18H19FN2O3/c1-12(9-13-5-2-3-8-16(13)19)18(23)21-14-6-4-7-15(10-14)24-11-17(20)22/h2-8,10,12H,9,11H2,1H3,(H2,20,22)(H,21,23)/t12-/m0/s1. The number of primary amides is 1. The van der Waals surface area contributed by atoms with E-state index >= 15 is 0 Å². The van der Waals surface area contributed by atoms with Crippen molar-refractivity contribution in [1.29, 1.82) is 0 Å². The van der Waals surface area contributed by atoms with Gasteiger partial charge in [-0.2, -0.15) is 0 Å². The van der Waals surface area contributed by atoms with Crippen molar-refractivity contribution in [1.82, 2.24) is 0 Å². The highest BCUT2D eigenvalue weighted by Crippen LogP contribution is 2.19. The van der Waals surface area contributed by atoms with Crippen molar-refractivity contribution in [2.75, 3.05) is 11.9 Å². The number of ether oxygens (including phenoxy) is 1. The molecule has 2 aromatic carbocycles. The quantitative estimate of drug-likeness (QED) is 0.818. The Balaban J connectivity index is 1.97. The second kappa shape index (κ2) is 8.10. The maximum absolute atomic E-state index is 13.7. The minimum Gasteiger partial charge on any atom is -0.484 e. The third-order valence-corrected chi connectivity index (χ3v) is 3.41. The van der Waals surface area contributed by atoms with Gasteiger partial charge < -0.3 is 15.8 Å². The van der Waals surface area contributed by atoms with Crippen molar-refractivity contribution in [2.45, 2.75) is 13.3 Å². The van der Waals surface area contributed by atoms with Crippen LogP contribution in [0.15, 0.2) is 48.5 Å². The second-order valence-electron chi connectivity index (χ2n) is 5.47. The third-order valence-electron chi connectivity index (χ3n) is 3.41.